The number of ether oxygens (including phenoxy) is 1. The van der Waals surface area contributed by atoms with Crippen LogP contribution in [0, 0.1) is 29.6 Å². The lowest BCUT2D eigenvalue weighted by Gasteiger charge is -2.44. The van der Waals surface area contributed by atoms with Crippen LogP contribution in [-0.4, -0.2) is 36.3 Å². The second-order valence-electron chi connectivity index (χ2n) is 6.66. The van der Waals surface area contributed by atoms with Gasteiger partial charge in [-0.15, -0.1) is 0 Å². The van der Waals surface area contributed by atoms with Crippen LogP contribution in [0.15, 0.2) is 11.6 Å². The van der Waals surface area contributed by atoms with Crippen molar-refractivity contribution >= 4 is 17.8 Å². The number of carbonyl (C=O) groups is 3. The van der Waals surface area contributed by atoms with Crippen molar-refractivity contribution in [1.29, 1.82) is 0 Å². The first-order chi connectivity index (χ1) is 10.1. The summed E-state index contributed by atoms with van der Waals surface area (Å²) in [6.07, 6.45) is 5.24. The summed E-state index contributed by atoms with van der Waals surface area (Å²) in [5, 5.41) is 0. The third-order valence-electron chi connectivity index (χ3n) is 5.84. The van der Waals surface area contributed by atoms with E-state index < -0.39 is 0 Å². The molecule has 0 aromatic heterocycles. The maximum absolute atomic E-state index is 12.4. The van der Waals surface area contributed by atoms with E-state index in [2.05, 4.69) is 6.08 Å². The Hall–Kier alpha value is -1.65. The molecule has 21 heavy (non-hydrogen) atoms. The zero-order valence-corrected chi connectivity index (χ0v) is 12.1. The molecule has 0 aromatic carbocycles. The number of allylic oxidation sites excluding steroid dienone is 2. The van der Waals surface area contributed by atoms with Gasteiger partial charge in [-0.25, -0.2) is 0 Å². The fourth-order valence-corrected chi connectivity index (χ4v) is 4.84. The van der Waals surface area contributed by atoms with Crippen LogP contribution in [0.4, 0.5) is 0 Å². The molecule has 2 aliphatic heterocycles. The van der Waals surface area contributed by atoms with Crippen molar-refractivity contribution < 1.29 is 19.1 Å². The highest BCUT2D eigenvalue weighted by atomic mass is 16.5. The van der Waals surface area contributed by atoms with Crippen molar-refractivity contribution in [3.05, 3.63) is 11.6 Å². The summed E-state index contributed by atoms with van der Waals surface area (Å²) in [7, 11) is 1.59. The van der Waals surface area contributed by atoms with Crippen LogP contribution in [0.3, 0.4) is 0 Å². The summed E-state index contributed by atoms with van der Waals surface area (Å²) in [5.41, 5.74) is 1.25. The quantitative estimate of drug-likeness (QED) is 0.381. The number of esters is 1. The van der Waals surface area contributed by atoms with Gasteiger partial charge in [0, 0.05) is 7.05 Å². The van der Waals surface area contributed by atoms with E-state index in [9.17, 15) is 14.4 Å². The Kier molecular flexibility index (Phi) is 2.75. The highest BCUT2D eigenvalue weighted by molar-refractivity contribution is 6.05. The predicted molar refractivity (Wildman–Crippen MR) is 72.7 cm³/mol. The molecule has 4 aliphatic rings. The minimum Gasteiger partial charge on any atom is -0.465 e. The Morgan fingerprint density at radius 2 is 1.76 bits per heavy atom. The Morgan fingerprint density at radius 1 is 1.00 bits per heavy atom. The summed E-state index contributed by atoms with van der Waals surface area (Å²) in [5.74, 6) is -0.189. The van der Waals surface area contributed by atoms with Crippen molar-refractivity contribution in [1.82, 2.24) is 4.90 Å². The maximum atomic E-state index is 12.4. The first-order valence-electron chi connectivity index (χ1n) is 7.77. The van der Waals surface area contributed by atoms with E-state index in [4.69, 9.17) is 4.74 Å². The maximum Gasteiger partial charge on any atom is 0.309 e. The summed E-state index contributed by atoms with van der Waals surface area (Å²) in [6, 6.07) is 0. The normalized spacial score (nSPS) is 42.0. The molecule has 2 heterocycles. The number of cyclic esters (lactones) is 1. The molecule has 5 atom stereocenters. The van der Waals surface area contributed by atoms with Crippen LogP contribution in [0.1, 0.15) is 25.7 Å². The van der Waals surface area contributed by atoms with Crippen molar-refractivity contribution in [3.63, 3.8) is 0 Å². The van der Waals surface area contributed by atoms with Crippen molar-refractivity contribution in [2.75, 3.05) is 13.7 Å². The minimum atomic E-state index is -0.193. The van der Waals surface area contributed by atoms with Crippen molar-refractivity contribution in [2.24, 2.45) is 29.6 Å². The first-order valence-corrected chi connectivity index (χ1v) is 7.77. The SMILES string of the molecule is CN1C(=O)[C@H]2[C@H](CC=C3[C@H]2CC[C@@H]2C(=O)OCC[C@H]32)C1=O. The van der Waals surface area contributed by atoms with Crippen LogP contribution in [0.25, 0.3) is 0 Å². The van der Waals surface area contributed by atoms with Gasteiger partial charge in [0.05, 0.1) is 24.4 Å². The number of hydrogen-bond donors (Lipinski definition) is 0. The molecule has 0 N–H and O–H groups in total. The van der Waals surface area contributed by atoms with E-state index >= 15 is 0 Å². The molecule has 2 aliphatic carbocycles. The van der Waals surface area contributed by atoms with Gasteiger partial charge in [-0.05, 0) is 37.5 Å². The molecule has 0 aromatic rings. The Morgan fingerprint density at radius 3 is 2.57 bits per heavy atom. The molecule has 0 bridgehead atoms. The molecule has 4 rings (SSSR count). The van der Waals surface area contributed by atoms with Gasteiger partial charge in [-0.1, -0.05) is 11.6 Å². The van der Waals surface area contributed by atoms with Crippen LogP contribution in [-0.2, 0) is 19.1 Å². The molecule has 1 saturated carbocycles. The van der Waals surface area contributed by atoms with Gasteiger partial charge < -0.3 is 4.74 Å². The van der Waals surface area contributed by atoms with Crippen LogP contribution < -0.4 is 0 Å². The van der Waals surface area contributed by atoms with Gasteiger partial charge in [0.2, 0.25) is 11.8 Å². The molecule has 2 saturated heterocycles. The Balaban J connectivity index is 1.69. The summed E-state index contributed by atoms with van der Waals surface area (Å²) in [4.78, 5) is 37.8. The fourth-order valence-electron chi connectivity index (χ4n) is 4.84. The fraction of sp³-hybridized carbons (Fsp3) is 0.688. The highest BCUT2D eigenvalue weighted by Crippen LogP contribution is 2.52. The molecule has 112 valence electrons. The van der Waals surface area contributed by atoms with Gasteiger partial charge in [-0.3, -0.25) is 19.3 Å². The molecule has 5 heteroatoms. The second kappa shape index (κ2) is 4.42. The van der Waals surface area contributed by atoms with E-state index in [1.54, 1.807) is 7.05 Å². The van der Waals surface area contributed by atoms with E-state index in [0.29, 0.717) is 13.0 Å². The van der Waals surface area contributed by atoms with Crippen LogP contribution >= 0.6 is 0 Å². The largest absolute Gasteiger partial charge is 0.465 e. The van der Waals surface area contributed by atoms with Gasteiger partial charge in [0.15, 0.2) is 0 Å². The van der Waals surface area contributed by atoms with Gasteiger partial charge in [0.1, 0.15) is 0 Å². The Bertz CT molecular complexity index is 567. The third kappa shape index (κ3) is 1.66. The molecule has 5 nitrogen and oxygen atoms in total. The molecule has 0 radical (unpaired) electrons. The average molecular weight is 289 g/mol. The van der Waals surface area contributed by atoms with Gasteiger partial charge in [0.25, 0.3) is 0 Å². The number of nitrogens with zero attached hydrogens (tertiary/aromatic N) is 1. The molecule has 3 fully saturated rings. The zero-order chi connectivity index (χ0) is 14.7. The van der Waals surface area contributed by atoms with Gasteiger partial charge in [-0.2, -0.15) is 0 Å². The molecular weight excluding hydrogens is 270 g/mol. The lowest BCUT2D eigenvalue weighted by Crippen LogP contribution is -2.43. The topological polar surface area (TPSA) is 63.7 Å². The first kappa shape index (κ1) is 13.0. The van der Waals surface area contributed by atoms with E-state index in [-0.39, 0.29) is 47.4 Å². The van der Waals surface area contributed by atoms with Crippen molar-refractivity contribution in [3.8, 4) is 0 Å². The summed E-state index contributed by atoms with van der Waals surface area (Å²) < 4.78 is 5.17. The van der Waals surface area contributed by atoms with E-state index in [0.717, 1.165) is 19.3 Å². The van der Waals surface area contributed by atoms with Crippen LogP contribution in [0.2, 0.25) is 0 Å². The molecule has 0 unspecified atom stereocenters. The number of carbonyl (C=O) groups excluding carboxylic acids is 3. The smallest absolute Gasteiger partial charge is 0.309 e. The van der Waals surface area contributed by atoms with Crippen molar-refractivity contribution in [2.45, 2.75) is 25.7 Å². The summed E-state index contributed by atoms with van der Waals surface area (Å²) >= 11 is 0. The van der Waals surface area contributed by atoms with E-state index in [1.807, 2.05) is 0 Å². The van der Waals surface area contributed by atoms with Gasteiger partial charge >= 0.3 is 5.97 Å². The number of hydrogen-bond acceptors (Lipinski definition) is 4. The number of amides is 2. The third-order valence-corrected chi connectivity index (χ3v) is 5.84. The van der Waals surface area contributed by atoms with Crippen LogP contribution in [0.5, 0.6) is 0 Å². The number of fused-ring (bicyclic) bond motifs is 5. The lowest BCUT2D eigenvalue weighted by atomic mass is 9.60. The molecule has 0 spiro atoms. The minimum absolute atomic E-state index is 0.0302. The molecule has 2 amide bonds. The monoisotopic (exact) mass is 289 g/mol. The second-order valence-corrected chi connectivity index (χ2v) is 6.66. The predicted octanol–water partition coefficient (Wildman–Crippen LogP) is 1.14. The average Bonchev–Trinajstić information content (AvgIpc) is 2.72. The Labute approximate surface area is 123 Å². The molecular formula is C16H19NO4. The highest BCUT2D eigenvalue weighted by Gasteiger charge is 2.55. The lowest BCUT2D eigenvalue weighted by molar-refractivity contribution is -0.157. The standard InChI is InChI=1S/C16H19NO4/c1-17-14(18)12-5-2-8-9-6-7-21-16(20)11(9)4-3-10(8)13(12)15(17)19/h2,9-13H,3-7H2,1H3/t9-,10-,11+,12+,13-/m1/s1. The number of imide groups is 1. The number of rotatable bonds is 0. The summed E-state index contributed by atoms with van der Waals surface area (Å²) in [6.45, 7) is 0.477. The zero-order valence-electron chi connectivity index (χ0n) is 12.1. The van der Waals surface area contributed by atoms with E-state index in [1.165, 1.54) is 10.5 Å². The number of likely N-dealkylation sites (tertiary alicyclic amines) is 1.